The van der Waals surface area contributed by atoms with Gasteiger partial charge in [0, 0.05) is 5.02 Å². The largest absolute Gasteiger partial charge is 0.383 e. The zero-order valence-corrected chi connectivity index (χ0v) is 12.0. The van der Waals surface area contributed by atoms with E-state index in [-0.39, 0.29) is 6.04 Å². The first-order valence-corrected chi connectivity index (χ1v) is 7.40. The lowest BCUT2D eigenvalue weighted by Crippen LogP contribution is -2.36. The molecule has 0 amide bonds. The smallest absolute Gasteiger partial charge is 0.137 e. The molecule has 2 aromatic rings. The summed E-state index contributed by atoms with van der Waals surface area (Å²) in [4.78, 5) is 4.02. The van der Waals surface area contributed by atoms with E-state index in [1.54, 1.807) is 11.0 Å². The second-order valence-electron chi connectivity index (χ2n) is 5.42. The van der Waals surface area contributed by atoms with Crippen molar-refractivity contribution in [3.8, 4) is 0 Å². The molecule has 4 nitrogen and oxygen atoms in total. The lowest BCUT2D eigenvalue weighted by molar-refractivity contribution is -0.0286. The van der Waals surface area contributed by atoms with Gasteiger partial charge in [0.25, 0.3) is 0 Å². The molecule has 1 heterocycles. The van der Waals surface area contributed by atoms with Crippen molar-refractivity contribution in [2.24, 2.45) is 0 Å². The fourth-order valence-corrected chi connectivity index (χ4v) is 3.24. The first-order valence-electron chi connectivity index (χ1n) is 7.03. The fraction of sp³-hybridized carbons (Fsp3) is 0.467. The van der Waals surface area contributed by atoms with Crippen molar-refractivity contribution in [3.63, 3.8) is 0 Å². The van der Waals surface area contributed by atoms with Gasteiger partial charge in [-0.2, -0.15) is 5.10 Å². The molecule has 1 N–H and O–H groups in total. The first-order chi connectivity index (χ1) is 9.70. The van der Waals surface area contributed by atoms with Crippen LogP contribution in [0.1, 0.15) is 43.7 Å². The van der Waals surface area contributed by atoms with Crippen LogP contribution < -0.4 is 0 Å². The minimum Gasteiger partial charge on any atom is -0.383 e. The molecule has 1 saturated carbocycles. The van der Waals surface area contributed by atoms with Crippen molar-refractivity contribution in [2.75, 3.05) is 0 Å². The standard InChI is InChI=1S/C15H18ClN3O/c16-13-7-5-12(6-8-13)15(20)9-3-1-2-4-14(15)19-11-17-10-18-19/h5-8,10-11,14,20H,1-4,9H2/t14-,15-/m1/s1. The van der Waals surface area contributed by atoms with Crippen LogP contribution in [0.3, 0.4) is 0 Å². The summed E-state index contributed by atoms with van der Waals surface area (Å²) in [6, 6.07) is 7.42. The molecule has 20 heavy (non-hydrogen) atoms. The Kier molecular flexibility index (Phi) is 3.76. The Morgan fingerprint density at radius 2 is 2.00 bits per heavy atom. The highest BCUT2D eigenvalue weighted by Gasteiger charge is 2.40. The normalized spacial score (nSPS) is 27.2. The van der Waals surface area contributed by atoms with E-state index < -0.39 is 5.60 Å². The van der Waals surface area contributed by atoms with E-state index in [0.717, 1.165) is 37.7 Å². The van der Waals surface area contributed by atoms with E-state index >= 15 is 0 Å². The van der Waals surface area contributed by atoms with E-state index in [0.29, 0.717) is 5.02 Å². The average Bonchev–Trinajstić information content (AvgIpc) is 2.90. The summed E-state index contributed by atoms with van der Waals surface area (Å²) in [7, 11) is 0. The zero-order chi connectivity index (χ0) is 14.0. The van der Waals surface area contributed by atoms with Gasteiger partial charge < -0.3 is 5.11 Å². The molecule has 0 bridgehead atoms. The molecule has 3 rings (SSSR count). The van der Waals surface area contributed by atoms with Crippen LogP contribution in [-0.2, 0) is 5.60 Å². The number of rotatable bonds is 2. The van der Waals surface area contributed by atoms with Crippen LogP contribution in [0.15, 0.2) is 36.9 Å². The van der Waals surface area contributed by atoms with Gasteiger partial charge in [0.2, 0.25) is 0 Å². The third-order valence-corrected chi connectivity index (χ3v) is 4.44. The Morgan fingerprint density at radius 3 is 2.70 bits per heavy atom. The van der Waals surface area contributed by atoms with Crippen LogP contribution in [0.5, 0.6) is 0 Å². The maximum atomic E-state index is 11.3. The topological polar surface area (TPSA) is 50.9 Å². The third-order valence-electron chi connectivity index (χ3n) is 4.19. The van der Waals surface area contributed by atoms with Crippen LogP contribution in [0.2, 0.25) is 5.02 Å². The average molecular weight is 292 g/mol. The Balaban J connectivity index is 2.02. The number of halogens is 1. The summed E-state index contributed by atoms with van der Waals surface area (Å²) in [6.45, 7) is 0. The number of nitrogens with zero attached hydrogens (tertiary/aromatic N) is 3. The summed E-state index contributed by atoms with van der Waals surface area (Å²) in [5.74, 6) is 0. The van der Waals surface area contributed by atoms with Crippen molar-refractivity contribution in [1.82, 2.24) is 14.8 Å². The summed E-state index contributed by atoms with van der Waals surface area (Å²) >= 11 is 5.95. The molecule has 1 aromatic heterocycles. The highest BCUT2D eigenvalue weighted by atomic mass is 35.5. The molecule has 106 valence electrons. The Bertz CT molecular complexity index is 555. The van der Waals surface area contributed by atoms with Gasteiger partial charge in [0.15, 0.2) is 0 Å². The van der Waals surface area contributed by atoms with E-state index in [1.807, 2.05) is 24.3 Å². The van der Waals surface area contributed by atoms with Gasteiger partial charge in [-0.25, -0.2) is 9.67 Å². The third kappa shape index (κ3) is 2.45. The highest BCUT2D eigenvalue weighted by Crippen LogP contribution is 2.43. The minimum absolute atomic E-state index is 0.0753. The molecule has 1 aliphatic rings. The van der Waals surface area contributed by atoms with Gasteiger partial charge in [0.1, 0.15) is 18.3 Å². The van der Waals surface area contributed by atoms with Crippen molar-refractivity contribution < 1.29 is 5.11 Å². The molecule has 0 saturated heterocycles. The molecule has 0 aliphatic heterocycles. The molecule has 0 unspecified atom stereocenters. The minimum atomic E-state index is -0.908. The predicted octanol–water partition coefficient (Wildman–Crippen LogP) is 3.32. The van der Waals surface area contributed by atoms with Crippen molar-refractivity contribution in [1.29, 1.82) is 0 Å². The Morgan fingerprint density at radius 1 is 1.20 bits per heavy atom. The second kappa shape index (κ2) is 5.54. The number of aliphatic hydroxyl groups is 1. The van der Waals surface area contributed by atoms with Gasteiger partial charge in [-0.1, -0.05) is 43.0 Å². The van der Waals surface area contributed by atoms with Crippen LogP contribution >= 0.6 is 11.6 Å². The second-order valence-corrected chi connectivity index (χ2v) is 5.86. The molecule has 0 spiro atoms. The molecular weight excluding hydrogens is 274 g/mol. The van der Waals surface area contributed by atoms with Crippen LogP contribution in [0.4, 0.5) is 0 Å². The SMILES string of the molecule is O[C@@]1(c2ccc(Cl)cc2)CCCCC[C@H]1n1cncn1. The number of benzene rings is 1. The van der Waals surface area contributed by atoms with Crippen LogP contribution in [0.25, 0.3) is 0 Å². The molecular formula is C15H18ClN3O. The zero-order valence-electron chi connectivity index (χ0n) is 11.2. The molecule has 1 fully saturated rings. The first kappa shape index (κ1) is 13.6. The lowest BCUT2D eigenvalue weighted by atomic mass is 9.82. The fourth-order valence-electron chi connectivity index (χ4n) is 3.12. The van der Waals surface area contributed by atoms with Gasteiger partial charge in [0.05, 0.1) is 6.04 Å². The van der Waals surface area contributed by atoms with Gasteiger partial charge >= 0.3 is 0 Å². The quantitative estimate of drug-likeness (QED) is 0.864. The van der Waals surface area contributed by atoms with Gasteiger partial charge in [-0.05, 0) is 30.5 Å². The highest BCUT2D eigenvalue weighted by molar-refractivity contribution is 6.30. The van der Waals surface area contributed by atoms with E-state index in [4.69, 9.17) is 11.6 Å². The molecule has 1 aliphatic carbocycles. The maximum absolute atomic E-state index is 11.3. The maximum Gasteiger partial charge on any atom is 0.137 e. The van der Waals surface area contributed by atoms with Crippen LogP contribution in [-0.4, -0.2) is 19.9 Å². The van der Waals surface area contributed by atoms with Gasteiger partial charge in [-0.15, -0.1) is 0 Å². The number of aromatic nitrogens is 3. The van der Waals surface area contributed by atoms with Crippen LogP contribution in [0, 0.1) is 0 Å². The number of hydrogen-bond donors (Lipinski definition) is 1. The molecule has 2 atom stereocenters. The van der Waals surface area contributed by atoms with E-state index in [1.165, 1.54) is 6.33 Å². The Hall–Kier alpha value is -1.39. The summed E-state index contributed by atoms with van der Waals surface area (Å²) in [6.07, 6.45) is 8.11. The van der Waals surface area contributed by atoms with E-state index in [2.05, 4.69) is 10.1 Å². The summed E-state index contributed by atoms with van der Waals surface area (Å²) < 4.78 is 1.79. The molecule has 1 aromatic carbocycles. The van der Waals surface area contributed by atoms with Gasteiger partial charge in [-0.3, -0.25) is 0 Å². The Labute approximate surface area is 123 Å². The predicted molar refractivity (Wildman–Crippen MR) is 77.5 cm³/mol. The lowest BCUT2D eigenvalue weighted by Gasteiger charge is -2.35. The molecule has 5 heteroatoms. The number of hydrogen-bond acceptors (Lipinski definition) is 3. The summed E-state index contributed by atoms with van der Waals surface area (Å²) in [5, 5.41) is 16.2. The summed E-state index contributed by atoms with van der Waals surface area (Å²) in [5.41, 5.74) is -0.00119. The van der Waals surface area contributed by atoms with Crippen molar-refractivity contribution >= 4 is 11.6 Å². The van der Waals surface area contributed by atoms with E-state index in [9.17, 15) is 5.11 Å². The monoisotopic (exact) mass is 291 g/mol. The van der Waals surface area contributed by atoms with Crippen molar-refractivity contribution in [2.45, 2.75) is 43.7 Å². The van der Waals surface area contributed by atoms with Crippen molar-refractivity contribution in [3.05, 3.63) is 47.5 Å². The molecule has 0 radical (unpaired) electrons.